The molecule has 0 heterocycles. The van der Waals surface area contributed by atoms with E-state index in [-0.39, 0.29) is 12.1 Å². The van der Waals surface area contributed by atoms with Gasteiger partial charge >= 0.3 is 12.1 Å². The summed E-state index contributed by atoms with van der Waals surface area (Å²) in [6, 6.07) is 15.0. The number of alkyl halides is 2. The molecule has 31 heavy (non-hydrogen) atoms. The van der Waals surface area contributed by atoms with Gasteiger partial charge in [0.05, 0.1) is 0 Å². The first-order valence-corrected chi connectivity index (χ1v) is 11.6. The Kier molecular flexibility index (Phi) is 11.6. The van der Waals surface area contributed by atoms with Crippen LogP contribution in [0.2, 0.25) is 0 Å². The van der Waals surface area contributed by atoms with Crippen LogP contribution in [0.15, 0.2) is 48.5 Å². The van der Waals surface area contributed by atoms with Gasteiger partial charge in [-0.3, -0.25) is 0 Å². The summed E-state index contributed by atoms with van der Waals surface area (Å²) >= 11 is 11.3. The van der Waals surface area contributed by atoms with Crippen LogP contribution in [0.25, 0.3) is 0 Å². The number of carbonyl (C=O) groups excluding carboxylic acids is 2. The molecule has 4 amide bonds. The Balaban J connectivity index is 1.87. The predicted octanol–water partition coefficient (Wildman–Crippen LogP) is 5.56. The fraction of sp³-hybridized carbons (Fsp3) is 0.391. The van der Waals surface area contributed by atoms with Gasteiger partial charge in [-0.25, -0.2) is 9.59 Å². The van der Waals surface area contributed by atoms with Gasteiger partial charge in [0.2, 0.25) is 0 Å². The van der Waals surface area contributed by atoms with Crippen LogP contribution >= 0.6 is 23.2 Å². The molecule has 0 saturated heterocycles. The Labute approximate surface area is 194 Å². The molecule has 4 N–H and O–H groups in total. The fourth-order valence-corrected chi connectivity index (χ4v) is 3.33. The van der Waals surface area contributed by atoms with Crippen molar-refractivity contribution in [2.75, 3.05) is 35.5 Å². The van der Waals surface area contributed by atoms with Crippen molar-refractivity contribution >= 4 is 46.6 Å². The van der Waals surface area contributed by atoms with E-state index in [9.17, 15) is 9.59 Å². The zero-order chi connectivity index (χ0) is 22.3. The fourth-order valence-electron chi connectivity index (χ4n) is 2.95. The van der Waals surface area contributed by atoms with E-state index in [0.29, 0.717) is 31.3 Å². The molecule has 0 aliphatic rings. The minimum Gasteiger partial charge on any atom is -0.338 e. The van der Waals surface area contributed by atoms with Crippen molar-refractivity contribution in [2.24, 2.45) is 0 Å². The Bertz CT molecular complexity index is 765. The van der Waals surface area contributed by atoms with Gasteiger partial charge in [-0.05, 0) is 67.5 Å². The summed E-state index contributed by atoms with van der Waals surface area (Å²) in [5.74, 6) is 1.20. The summed E-state index contributed by atoms with van der Waals surface area (Å²) in [4.78, 5) is 24.0. The first kappa shape index (κ1) is 24.8. The van der Waals surface area contributed by atoms with Crippen molar-refractivity contribution in [3.8, 4) is 0 Å². The van der Waals surface area contributed by atoms with Gasteiger partial charge < -0.3 is 21.3 Å². The van der Waals surface area contributed by atoms with Gasteiger partial charge in [0.25, 0.3) is 0 Å². The average Bonchev–Trinajstić information content (AvgIpc) is 2.75. The van der Waals surface area contributed by atoms with Crippen molar-refractivity contribution < 1.29 is 9.59 Å². The molecule has 0 bridgehead atoms. The van der Waals surface area contributed by atoms with Crippen LogP contribution in [0.3, 0.4) is 0 Å². The number of carbonyl (C=O) groups is 2. The highest BCUT2D eigenvalue weighted by atomic mass is 35.5. The molecule has 168 valence electrons. The third kappa shape index (κ3) is 10.4. The van der Waals surface area contributed by atoms with Crippen molar-refractivity contribution in [1.82, 2.24) is 10.6 Å². The number of nitrogens with one attached hydrogen (secondary N) is 4. The van der Waals surface area contributed by atoms with Gasteiger partial charge in [0, 0.05) is 36.2 Å². The molecule has 8 heteroatoms. The molecule has 2 aromatic carbocycles. The molecular formula is C23H30Cl2N4O2. The Morgan fingerprint density at radius 2 is 1.13 bits per heavy atom. The maximum Gasteiger partial charge on any atom is 0.319 e. The topological polar surface area (TPSA) is 82.3 Å². The van der Waals surface area contributed by atoms with Gasteiger partial charge in [-0.15, -0.1) is 23.2 Å². The third-order valence-electron chi connectivity index (χ3n) is 4.47. The molecule has 0 atom stereocenters. The van der Waals surface area contributed by atoms with Crippen LogP contribution in [-0.2, 0) is 6.42 Å². The van der Waals surface area contributed by atoms with E-state index in [4.69, 9.17) is 23.2 Å². The maximum atomic E-state index is 12.0. The highest BCUT2D eigenvalue weighted by Crippen LogP contribution is 2.17. The standard InChI is InChI=1S/C23H30Cl2N4O2/c24-11-1-3-13-26-22(30)28-20-9-5-7-18(16-20)15-19-8-6-10-21(17-19)29-23(31)27-14-4-2-12-25/h5-10,16-17H,1-4,11-15H2,(H2,26,28,30)(H2,27,29,31). The smallest absolute Gasteiger partial charge is 0.319 e. The second-order valence-corrected chi connectivity index (χ2v) is 7.89. The molecule has 0 aliphatic carbocycles. The zero-order valence-corrected chi connectivity index (χ0v) is 19.1. The highest BCUT2D eigenvalue weighted by molar-refractivity contribution is 6.18. The lowest BCUT2D eigenvalue weighted by atomic mass is 10.0. The Morgan fingerprint density at radius 3 is 1.55 bits per heavy atom. The van der Waals surface area contributed by atoms with Crippen LogP contribution in [0.5, 0.6) is 0 Å². The molecule has 0 fully saturated rings. The van der Waals surface area contributed by atoms with E-state index in [1.807, 2.05) is 48.5 Å². The minimum absolute atomic E-state index is 0.227. The van der Waals surface area contributed by atoms with Crippen molar-refractivity contribution in [3.63, 3.8) is 0 Å². The molecule has 0 spiro atoms. The lowest BCUT2D eigenvalue weighted by Crippen LogP contribution is -2.29. The van der Waals surface area contributed by atoms with E-state index in [1.54, 1.807) is 0 Å². The maximum absolute atomic E-state index is 12.0. The number of halogens is 2. The molecule has 0 aromatic heterocycles. The summed E-state index contributed by atoms with van der Waals surface area (Å²) in [7, 11) is 0. The number of unbranched alkanes of at least 4 members (excludes halogenated alkanes) is 2. The summed E-state index contributed by atoms with van der Waals surface area (Å²) in [5, 5.41) is 11.4. The summed E-state index contributed by atoms with van der Waals surface area (Å²) < 4.78 is 0. The molecule has 0 aliphatic heterocycles. The van der Waals surface area contributed by atoms with E-state index >= 15 is 0 Å². The van der Waals surface area contributed by atoms with E-state index < -0.39 is 0 Å². The summed E-state index contributed by atoms with van der Waals surface area (Å²) in [6.45, 7) is 1.19. The number of amides is 4. The van der Waals surface area contributed by atoms with Gasteiger partial charge in [0.15, 0.2) is 0 Å². The van der Waals surface area contributed by atoms with Crippen molar-refractivity contribution in [1.29, 1.82) is 0 Å². The number of benzene rings is 2. The quantitative estimate of drug-likeness (QED) is 0.245. The second-order valence-electron chi connectivity index (χ2n) is 7.13. The molecule has 0 saturated carbocycles. The van der Waals surface area contributed by atoms with Crippen LogP contribution in [0, 0.1) is 0 Å². The van der Waals surface area contributed by atoms with Gasteiger partial charge in [-0.1, -0.05) is 24.3 Å². The number of urea groups is 2. The second kappa shape index (κ2) is 14.5. The predicted molar refractivity (Wildman–Crippen MR) is 130 cm³/mol. The number of hydrogen-bond donors (Lipinski definition) is 4. The normalized spacial score (nSPS) is 10.4. The monoisotopic (exact) mass is 464 g/mol. The van der Waals surface area contributed by atoms with E-state index in [0.717, 1.165) is 48.2 Å². The molecule has 2 aromatic rings. The molecule has 0 radical (unpaired) electrons. The van der Waals surface area contributed by atoms with E-state index in [2.05, 4.69) is 21.3 Å². The Morgan fingerprint density at radius 1 is 0.677 bits per heavy atom. The first-order valence-electron chi connectivity index (χ1n) is 10.5. The largest absolute Gasteiger partial charge is 0.338 e. The van der Waals surface area contributed by atoms with Crippen LogP contribution < -0.4 is 21.3 Å². The van der Waals surface area contributed by atoms with Crippen molar-refractivity contribution in [2.45, 2.75) is 32.1 Å². The summed E-state index contributed by atoms with van der Waals surface area (Å²) in [6.07, 6.45) is 4.14. The molecule has 6 nitrogen and oxygen atoms in total. The molecule has 0 unspecified atom stereocenters. The molecular weight excluding hydrogens is 435 g/mol. The van der Waals surface area contributed by atoms with Gasteiger partial charge in [-0.2, -0.15) is 0 Å². The van der Waals surface area contributed by atoms with Crippen LogP contribution in [0.4, 0.5) is 21.0 Å². The SMILES string of the molecule is O=C(NCCCCCl)Nc1cccc(Cc2cccc(NC(=O)NCCCCCl)c2)c1. The minimum atomic E-state index is -0.227. The lowest BCUT2D eigenvalue weighted by molar-refractivity contribution is 0.251. The highest BCUT2D eigenvalue weighted by Gasteiger charge is 2.05. The van der Waals surface area contributed by atoms with Crippen molar-refractivity contribution in [3.05, 3.63) is 59.7 Å². The van der Waals surface area contributed by atoms with Crippen LogP contribution in [0.1, 0.15) is 36.8 Å². The molecule has 2 rings (SSSR count). The number of anilines is 2. The first-order chi connectivity index (χ1) is 15.1. The van der Waals surface area contributed by atoms with Gasteiger partial charge in [0.1, 0.15) is 0 Å². The number of rotatable bonds is 12. The van der Waals surface area contributed by atoms with Crippen LogP contribution in [-0.4, -0.2) is 36.9 Å². The number of hydrogen-bond acceptors (Lipinski definition) is 2. The summed E-state index contributed by atoms with van der Waals surface area (Å²) in [5.41, 5.74) is 3.58. The van der Waals surface area contributed by atoms with E-state index in [1.165, 1.54) is 0 Å². The third-order valence-corrected chi connectivity index (χ3v) is 5.00. The zero-order valence-electron chi connectivity index (χ0n) is 17.6. The lowest BCUT2D eigenvalue weighted by Gasteiger charge is -2.11. The average molecular weight is 465 g/mol. The Hall–Kier alpha value is -2.44.